The van der Waals surface area contributed by atoms with Crippen LogP contribution in [-0.2, 0) is 0 Å². The molecule has 1 heterocycles. The molecular weight excluding hydrogens is 394 g/mol. The molecule has 7 nitrogen and oxygen atoms in total. The van der Waals surface area contributed by atoms with Gasteiger partial charge in [-0.1, -0.05) is 17.7 Å². The van der Waals surface area contributed by atoms with Gasteiger partial charge in [0.25, 0.3) is 11.6 Å². The van der Waals surface area contributed by atoms with Crippen molar-refractivity contribution in [3.8, 4) is 11.5 Å². The average molecular weight is 408 g/mol. The standard InChI is InChI=1S/C21H14ClN3O4/c1-12-9-13(5-7-18(12)25(27)28)20(26)23-16-6-8-19-17(11-16)24-21(29-19)14-3-2-4-15(22)10-14/h2-11H,1H3,(H,23,26). The van der Waals surface area contributed by atoms with E-state index in [0.29, 0.717) is 38.8 Å². The van der Waals surface area contributed by atoms with Crippen LogP contribution >= 0.6 is 11.6 Å². The maximum atomic E-state index is 12.5. The van der Waals surface area contributed by atoms with E-state index >= 15 is 0 Å². The molecular formula is C21H14ClN3O4. The minimum Gasteiger partial charge on any atom is -0.436 e. The summed E-state index contributed by atoms with van der Waals surface area (Å²) in [5.41, 5.74) is 3.15. The molecule has 0 saturated carbocycles. The summed E-state index contributed by atoms with van der Waals surface area (Å²) in [5, 5.41) is 14.3. The zero-order chi connectivity index (χ0) is 20.5. The average Bonchev–Trinajstić information content (AvgIpc) is 3.11. The molecule has 0 fully saturated rings. The number of anilines is 1. The summed E-state index contributed by atoms with van der Waals surface area (Å²) in [6.45, 7) is 1.59. The predicted molar refractivity (Wildman–Crippen MR) is 110 cm³/mol. The Labute approximate surface area is 170 Å². The minimum absolute atomic E-state index is 0.0286. The number of carbonyl (C=O) groups excluding carboxylic acids is 1. The topological polar surface area (TPSA) is 98.3 Å². The Kier molecular flexibility index (Phi) is 4.74. The van der Waals surface area contributed by atoms with Crippen molar-refractivity contribution in [1.29, 1.82) is 0 Å². The Bertz CT molecular complexity index is 1270. The smallest absolute Gasteiger partial charge is 0.272 e. The van der Waals surface area contributed by atoms with E-state index in [-0.39, 0.29) is 11.6 Å². The van der Waals surface area contributed by atoms with Crippen LogP contribution in [0.15, 0.2) is 65.1 Å². The molecule has 0 atom stereocenters. The summed E-state index contributed by atoms with van der Waals surface area (Å²) in [6, 6.07) is 16.5. The van der Waals surface area contributed by atoms with Crippen molar-refractivity contribution in [1.82, 2.24) is 4.98 Å². The second-order valence-electron chi connectivity index (χ2n) is 6.42. The molecule has 0 aliphatic heterocycles. The molecule has 0 aliphatic rings. The maximum Gasteiger partial charge on any atom is 0.272 e. The van der Waals surface area contributed by atoms with Crippen molar-refractivity contribution >= 4 is 40.0 Å². The van der Waals surface area contributed by atoms with E-state index in [1.807, 2.05) is 12.1 Å². The summed E-state index contributed by atoms with van der Waals surface area (Å²) in [7, 11) is 0. The van der Waals surface area contributed by atoms with Crippen LogP contribution in [0.25, 0.3) is 22.6 Å². The Balaban J connectivity index is 1.59. The number of oxazole rings is 1. The van der Waals surface area contributed by atoms with E-state index in [1.165, 1.54) is 18.2 Å². The molecule has 0 spiro atoms. The molecule has 29 heavy (non-hydrogen) atoms. The number of hydrogen-bond acceptors (Lipinski definition) is 5. The van der Waals surface area contributed by atoms with Gasteiger partial charge in [-0.05, 0) is 55.5 Å². The second kappa shape index (κ2) is 7.37. The lowest BCUT2D eigenvalue weighted by molar-refractivity contribution is -0.385. The van der Waals surface area contributed by atoms with Gasteiger partial charge in [-0.3, -0.25) is 14.9 Å². The Morgan fingerprint density at radius 2 is 1.97 bits per heavy atom. The number of nitro groups is 1. The van der Waals surface area contributed by atoms with E-state index in [0.717, 1.165) is 5.56 Å². The fraction of sp³-hybridized carbons (Fsp3) is 0.0476. The number of fused-ring (bicyclic) bond motifs is 1. The van der Waals surface area contributed by atoms with E-state index in [2.05, 4.69) is 10.3 Å². The highest BCUT2D eigenvalue weighted by atomic mass is 35.5. The summed E-state index contributed by atoms with van der Waals surface area (Å²) in [4.78, 5) is 27.4. The third kappa shape index (κ3) is 3.81. The van der Waals surface area contributed by atoms with Crippen LogP contribution in [0.4, 0.5) is 11.4 Å². The molecule has 0 saturated heterocycles. The second-order valence-corrected chi connectivity index (χ2v) is 6.86. The third-order valence-electron chi connectivity index (χ3n) is 4.37. The SMILES string of the molecule is Cc1cc(C(=O)Nc2ccc3oc(-c4cccc(Cl)c4)nc3c2)ccc1[N+](=O)[O-]. The molecule has 1 aromatic heterocycles. The Hall–Kier alpha value is -3.71. The number of amides is 1. The van der Waals surface area contributed by atoms with Gasteiger partial charge in [0, 0.05) is 33.5 Å². The quantitative estimate of drug-likeness (QED) is 0.350. The summed E-state index contributed by atoms with van der Waals surface area (Å²) >= 11 is 6.02. The van der Waals surface area contributed by atoms with Gasteiger partial charge in [0.15, 0.2) is 5.58 Å². The lowest BCUT2D eigenvalue weighted by Gasteiger charge is -2.06. The first-order valence-corrected chi connectivity index (χ1v) is 9.01. The van der Waals surface area contributed by atoms with Crippen LogP contribution in [0.3, 0.4) is 0 Å². The molecule has 4 rings (SSSR count). The lowest BCUT2D eigenvalue weighted by atomic mass is 10.1. The highest BCUT2D eigenvalue weighted by Gasteiger charge is 2.15. The van der Waals surface area contributed by atoms with Crippen molar-refractivity contribution < 1.29 is 14.1 Å². The van der Waals surface area contributed by atoms with Crippen LogP contribution in [0.2, 0.25) is 5.02 Å². The molecule has 0 aliphatic carbocycles. The van der Waals surface area contributed by atoms with E-state index in [1.54, 1.807) is 37.3 Å². The zero-order valence-electron chi connectivity index (χ0n) is 15.2. The Morgan fingerprint density at radius 1 is 1.14 bits per heavy atom. The molecule has 8 heteroatoms. The van der Waals surface area contributed by atoms with Gasteiger partial charge in [0.05, 0.1) is 4.92 Å². The van der Waals surface area contributed by atoms with E-state index in [9.17, 15) is 14.9 Å². The van der Waals surface area contributed by atoms with Crippen LogP contribution < -0.4 is 5.32 Å². The van der Waals surface area contributed by atoms with Crippen LogP contribution in [0.5, 0.6) is 0 Å². The van der Waals surface area contributed by atoms with Gasteiger partial charge in [0.2, 0.25) is 5.89 Å². The Morgan fingerprint density at radius 3 is 2.69 bits per heavy atom. The number of nitrogens with one attached hydrogen (secondary N) is 1. The first kappa shape index (κ1) is 18.6. The van der Waals surface area contributed by atoms with Crippen molar-refractivity contribution in [2.45, 2.75) is 6.92 Å². The lowest BCUT2D eigenvalue weighted by Crippen LogP contribution is -2.12. The number of carbonyl (C=O) groups is 1. The number of nitrogens with zero attached hydrogens (tertiary/aromatic N) is 2. The summed E-state index contributed by atoms with van der Waals surface area (Å²) < 4.78 is 5.76. The normalized spacial score (nSPS) is 10.8. The van der Waals surface area contributed by atoms with E-state index < -0.39 is 4.92 Å². The molecule has 4 aromatic rings. The minimum atomic E-state index is -0.479. The number of hydrogen-bond donors (Lipinski definition) is 1. The number of nitro benzene ring substituents is 1. The first-order chi connectivity index (χ1) is 13.9. The van der Waals surface area contributed by atoms with Gasteiger partial charge < -0.3 is 9.73 Å². The van der Waals surface area contributed by atoms with Crippen molar-refractivity contribution in [2.75, 3.05) is 5.32 Å². The number of rotatable bonds is 4. The van der Waals surface area contributed by atoms with Gasteiger partial charge in [-0.25, -0.2) is 4.98 Å². The van der Waals surface area contributed by atoms with Gasteiger partial charge in [-0.2, -0.15) is 0 Å². The van der Waals surface area contributed by atoms with Crippen molar-refractivity contribution in [2.24, 2.45) is 0 Å². The zero-order valence-corrected chi connectivity index (χ0v) is 15.9. The molecule has 1 amide bonds. The van der Waals surface area contributed by atoms with E-state index in [4.69, 9.17) is 16.0 Å². The maximum absolute atomic E-state index is 12.5. The molecule has 0 radical (unpaired) electrons. The highest BCUT2D eigenvalue weighted by Crippen LogP contribution is 2.28. The van der Waals surface area contributed by atoms with Gasteiger partial charge in [-0.15, -0.1) is 0 Å². The molecule has 1 N–H and O–H groups in total. The number of aromatic nitrogens is 1. The number of benzene rings is 3. The predicted octanol–water partition coefficient (Wildman–Crippen LogP) is 5.62. The van der Waals surface area contributed by atoms with Crippen LogP contribution in [0.1, 0.15) is 15.9 Å². The first-order valence-electron chi connectivity index (χ1n) is 8.63. The monoisotopic (exact) mass is 407 g/mol. The number of aryl methyl sites for hydroxylation is 1. The largest absolute Gasteiger partial charge is 0.436 e. The van der Waals surface area contributed by atoms with Crippen LogP contribution in [-0.4, -0.2) is 15.8 Å². The molecule has 3 aromatic carbocycles. The fourth-order valence-electron chi connectivity index (χ4n) is 2.95. The van der Waals surface area contributed by atoms with Crippen molar-refractivity contribution in [3.63, 3.8) is 0 Å². The number of halogens is 1. The van der Waals surface area contributed by atoms with Gasteiger partial charge in [0.1, 0.15) is 5.52 Å². The summed E-state index contributed by atoms with van der Waals surface area (Å²) in [5.74, 6) is 0.0536. The third-order valence-corrected chi connectivity index (χ3v) is 4.61. The van der Waals surface area contributed by atoms with Crippen molar-refractivity contribution in [3.05, 3.63) is 86.9 Å². The molecule has 0 unspecified atom stereocenters. The fourth-order valence-corrected chi connectivity index (χ4v) is 3.15. The molecule has 144 valence electrons. The van der Waals surface area contributed by atoms with Gasteiger partial charge >= 0.3 is 0 Å². The summed E-state index contributed by atoms with van der Waals surface area (Å²) in [6.07, 6.45) is 0. The molecule has 0 bridgehead atoms. The highest BCUT2D eigenvalue weighted by molar-refractivity contribution is 6.30. The van der Waals surface area contributed by atoms with Crippen LogP contribution in [0, 0.1) is 17.0 Å².